The third kappa shape index (κ3) is 2.07. The Kier molecular flexibility index (Phi) is 2.98. The first-order valence-corrected chi connectivity index (χ1v) is 7.67. The fraction of sp³-hybridized carbons (Fsp3) is 0.231. The zero-order valence-corrected chi connectivity index (χ0v) is 12.0. The third-order valence-corrected chi connectivity index (χ3v) is 5.13. The molecule has 0 spiro atoms. The van der Waals surface area contributed by atoms with Gasteiger partial charge in [-0.2, -0.15) is 8.42 Å². The fourth-order valence-electron chi connectivity index (χ4n) is 2.45. The molecule has 2 heterocycles. The number of carbonyl (C=O) groups is 1. The van der Waals surface area contributed by atoms with Gasteiger partial charge in [-0.1, -0.05) is 18.2 Å². The van der Waals surface area contributed by atoms with E-state index in [-0.39, 0.29) is 11.6 Å². The lowest BCUT2D eigenvalue weighted by molar-refractivity contribution is -0.138. The van der Waals surface area contributed by atoms with Gasteiger partial charge in [-0.05, 0) is 11.6 Å². The number of carboxylic acids is 1. The number of rotatable bonds is 3. The topological polar surface area (TPSA) is 92.5 Å². The molecule has 1 aromatic heterocycles. The minimum absolute atomic E-state index is 0.0918. The van der Waals surface area contributed by atoms with Crippen molar-refractivity contribution in [3.05, 3.63) is 42.4 Å². The Morgan fingerprint density at radius 2 is 2.10 bits per heavy atom. The van der Waals surface area contributed by atoms with Gasteiger partial charge in [-0.15, -0.1) is 0 Å². The Balaban J connectivity index is 2.10. The molecule has 0 saturated carbocycles. The van der Waals surface area contributed by atoms with Gasteiger partial charge < -0.3 is 9.67 Å². The highest BCUT2D eigenvalue weighted by Crippen LogP contribution is 2.39. The van der Waals surface area contributed by atoms with Crippen LogP contribution in [0.4, 0.5) is 5.69 Å². The number of hydrogen-bond donors (Lipinski definition) is 1. The number of benzene rings is 1. The molecule has 1 N–H and O–H groups in total. The molecule has 3 rings (SSSR count). The molecular formula is C13H13N3O4S. The van der Waals surface area contributed by atoms with E-state index in [4.69, 9.17) is 0 Å². The molecule has 1 aliphatic rings. The number of aliphatic carboxylic acids is 1. The molecule has 1 aliphatic heterocycles. The lowest BCUT2D eigenvalue weighted by Crippen LogP contribution is -2.31. The summed E-state index contributed by atoms with van der Waals surface area (Å²) in [6.45, 7) is -0.117. The Hall–Kier alpha value is -2.35. The normalized spacial score (nSPS) is 17.8. The zero-order chi connectivity index (χ0) is 15.2. The minimum Gasteiger partial charge on any atom is -0.481 e. The summed E-state index contributed by atoms with van der Waals surface area (Å²) in [7, 11) is -2.19. The van der Waals surface area contributed by atoms with Crippen molar-refractivity contribution in [3.63, 3.8) is 0 Å². The highest BCUT2D eigenvalue weighted by atomic mass is 32.2. The van der Waals surface area contributed by atoms with Gasteiger partial charge in [-0.25, -0.2) is 4.98 Å². The van der Waals surface area contributed by atoms with Gasteiger partial charge in [0, 0.05) is 13.2 Å². The lowest BCUT2D eigenvalue weighted by Gasteiger charge is -2.17. The maximum absolute atomic E-state index is 12.6. The number of aryl methyl sites for hydroxylation is 1. The standard InChI is InChI=1S/C13H13N3O4S/c1-15-7-12(14-8-15)21(19,20)16-6-10(13(17)18)9-4-2-3-5-11(9)16/h2-5,7-8,10H,6H2,1H3,(H,17,18). The molecule has 1 unspecified atom stereocenters. The molecule has 0 saturated heterocycles. The van der Waals surface area contributed by atoms with Crippen LogP contribution in [0.15, 0.2) is 41.8 Å². The van der Waals surface area contributed by atoms with Crippen LogP contribution in [0.2, 0.25) is 0 Å². The van der Waals surface area contributed by atoms with Crippen LogP contribution < -0.4 is 4.31 Å². The highest BCUT2D eigenvalue weighted by Gasteiger charge is 2.40. The number of aromatic nitrogens is 2. The van der Waals surface area contributed by atoms with Crippen molar-refractivity contribution in [2.45, 2.75) is 10.9 Å². The van der Waals surface area contributed by atoms with Crippen molar-refractivity contribution in [1.82, 2.24) is 9.55 Å². The van der Waals surface area contributed by atoms with Crippen LogP contribution in [0.3, 0.4) is 0 Å². The van der Waals surface area contributed by atoms with Crippen LogP contribution in [0, 0.1) is 0 Å². The quantitative estimate of drug-likeness (QED) is 0.905. The summed E-state index contributed by atoms with van der Waals surface area (Å²) in [6.07, 6.45) is 2.79. The number of anilines is 1. The SMILES string of the molecule is Cn1cnc(S(=O)(=O)N2CC(C(=O)O)c3ccccc32)c1. The summed E-state index contributed by atoms with van der Waals surface area (Å²) in [5.41, 5.74) is 0.903. The summed E-state index contributed by atoms with van der Waals surface area (Å²) in [5.74, 6) is -1.90. The number of sulfonamides is 1. The van der Waals surface area contributed by atoms with Crippen molar-refractivity contribution in [2.75, 3.05) is 10.8 Å². The molecule has 0 aliphatic carbocycles. The molecule has 1 aromatic carbocycles. The van der Waals surface area contributed by atoms with Crippen molar-refractivity contribution in [1.29, 1.82) is 0 Å². The van der Waals surface area contributed by atoms with Crippen LogP contribution in [0.5, 0.6) is 0 Å². The van der Waals surface area contributed by atoms with E-state index in [1.165, 1.54) is 17.1 Å². The second-order valence-corrected chi connectivity index (χ2v) is 6.67. The molecule has 0 amide bonds. The van der Waals surface area contributed by atoms with Crippen molar-refractivity contribution < 1.29 is 18.3 Å². The Labute approximate surface area is 121 Å². The van der Waals surface area contributed by atoms with Crippen molar-refractivity contribution >= 4 is 21.7 Å². The molecule has 8 heteroatoms. The molecule has 110 valence electrons. The van der Waals surface area contributed by atoms with E-state index in [9.17, 15) is 18.3 Å². The number of para-hydroxylation sites is 1. The Bertz CT molecular complexity index is 812. The second kappa shape index (κ2) is 4.59. The lowest BCUT2D eigenvalue weighted by atomic mass is 10.0. The Morgan fingerprint density at radius 1 is 1.38 bits per heavy atom. The second-order valence-electron chi connectivity index (χ2n) is 4.86. The van der Waals surface area contributed by atoms with Gasteiger partial charge in [0.25, 0.3) is 10.0 Å². The zero-order valence-electron chi connectivity index (χ0n) is 11.2. The van der Waals surface area contributed by atoms with E-state index in [1.54, 1.807) is 31.3 Å². The van der Waals surface area contributed by atoms with Gasteiger partial charge in [-0.3, -0.25) is 9.10 Å². The first-order valence-electron chi connectivity index (χ1n) is 6.23. The van der Waals surface area contributed by atoms with Gasteiger partial charge in [0.05, 0.1) is 18.6 Å². The Morgan fingerprint density at radius 3 is 2.71 bits per heavy atom. The number of nitrogens with zero attached hydrogens (tertiary/aromatic N) is 3. The summed E-state index contributed by atoms with van der Waals surface area (Å²) in [6, 6.07) is 6.64. The fourth-order valence-corrected chi connectivity index (χ4v) is 3.92. The monoisotopic (exact) mass is 307 g/mol. The van der Waals surface area contributed by atoms with Gasteiger partial charge in [0.1, 0.15) is 5.92 Å². The van der Waals surface area contributed by atoms with Crippen LogP contribution in [0.25, 0.3) is 0 Å². The highest BCUT2D eigenvalue weighted by molar-refractivity contribution is 7.92. The van der Waals surface area contributed by atoms with E-state index in [1.807, 2.05) is 0 Å². The molecule has 21 heavy (non-hydrogen) atoms. The van der Waals surface area contributed by atoms with E-state index in [0.717, 1.165) is 4.31 Å². The molecule has 1 atom stereocenters. The van der Waals surface area contributed by atoms with Gasteiger partial charge >= 0.3 is 5.97 Å². The van der Waals surface area contributed by atoms with Crippen LogP contribution in [-0.4, -0.2) is 35.6 Å². The predicted molar refractivity (Wildman–Crippen MR) is 74.6 cm³/mol. The molecule has 0 bridgehead atoms. The van der Waals surface area contributed by atoms with Gasteiger partial charge in [0.2, 0.25) is 0 Å². The summed E-state index contributed by atoms with van der Waals surface area (Å²) in [5, 5.41) is 9.19. The third-order valence-electron chi connectivity index (χ3n) is 3.46. The number of imidazole rings is 1. The van der Waals surface area contributed by atoms with E-state index >= 15 is 0 Å². The van der Waals surface area contributed by atoms with E-state index in [0.29, 0.717) is 11.3 Å². The number of fused-ring (bicyclic) bond motifs is 1. The van der Waals surface area contributed by atoms with Crippen LogP contribution >= 0.6 is 0 Å². The summed E-state index contributed by atoms with van der Waals surface area (Å²) in [4.78, 5) is 15.2. The van der Waals surface area contributed by atoms with Crippen molar-refractivity contribution in [3.8, 4) is 0 Å². The average molecular weight is 307 g/mol. The van der Waals surface area contributed by atoms with E-state index in [2.05, 4.69) is 4.98 Å². The van der Waals surface area contributed by atoms with Crippen molar-refractivity contribution in [2.24, 2.45) is 7.05 Å². The van der Waals surface area contributed by atoms with Crippen LogP contribution in [0.1, 0.15) is 11.5 Å². The molecule has 0 radical (unpaired) electrons. The largest absolute Gasteiger partial charge is 0.481 e. The smallest absolute Gasteiger partial charge is 0.312 e. The molecule has 7 nitrogen and oxygen atoms in total. The maximum Gasteiger partial charge on any atom is 0.312 e. The first kappa shape index (κ1) is 13.6. The molecular weight excluding hydrogens is 294 g/mol. The summed E-state index contributed by atoms with van der Waals surface area (Å²) >= 11 is 0. The number of carboxylic acid groups (broad SMARTS) is 1. The molecule has 0 fully saturated rings. The van der Waals surface area contributed by atoms with Crippen LogP contribution in [-0.2, 0) is 21.9 Å². The average Bonchev–Trinajstić information content (AvgIpc) is 3.02. The van der Waals surface area contributed by atoms with E-state index < -0.39 is 21.9 Å². The first-order chi connectivity index (χ1) is 9.91. The summed E-state index contributed by atoms with van der Waals surface area (Å²) < 4.78 is 27.9. The van der Waals surface area contributed by atoms with Gasteiger partial charge in [0.15, 0.2) is 5.03 Å². The maximum atomic E-state index is 12.6. The minimum atomic E-state index is -3.86. The number of hydrogen-bond acceptors (Lipinski definition) is 4. The molecule has 2 aromatic rings. The predicted octanol–water partition coefficient (Wildman–Crippen LogP) is 0.797.